The summed E-state index contributed by atoms with van der Waals surface area (Å²) in [5.74, 6) is 0. The molecule has 0 aliphatic heterocycles. The van der Waals surface area contributed by atoms with Crippen molar-refractivity contribution in [1.29, 1.82) is 0 Å². The van der Waals surface area contributed by atoms with E-state index in [9.17, 15) is 25.5 Å². The van der Waals surface area contributed by atoms with E-state index in [4.69, 9.17) is 20.4 Å². The zero-order chi connectivity index (χ0) is 16.6. The van der Waals surface area contributed by atoms with E-state index in [0.29, 0.717) is 0 Å². The van der Waals surface area contributed by atoms with Gasteiger partial charge in [-0.25, -0.2) is 0 Å². The molecule has 0 aliphatic rings. The van der Waals surface area contributed by atoms with Gasteiger partial charge in [-0.05, 0) is 0 Å². The van der Waals surface area contributed by atoms with Crippen LogP contribution in [0.1, 0.15) is 0 Å². The van der Waals surface area contributed by atoms with E-state index >= 15 is 0 Å². The zero-order valence-corrected chi connectivity index (χ0v) is 14.0. The van der Waals surface area contributed by atoms with Crippen LogP contribution in [0.2, 0.25) is 0 Å². The number of rotatable bonds is 11. The predicted octanol–water partition coefficient (Wildman–Crippen LogP) is -9.52. The molecular formula is C9H20BNaO11. The fourth-order valence-electron chi connectivity index (χ4n) is 1.18. The quantitative estimate of drug-likeness (QED) is 0.131. The van der Waals surface area contributed by atoms with Crippen LogP contribution >= 0.6 is 0 Å². The molecule has 2 unspecified atom stereocenters. The molecule has 0 heterocycles. The first-order valence-corrected chi connectivity index (χ1v) is 5.97. The largest absolute Gasteiger partial charge is 1.00 e. The minimum Gasteiger partial charge on any atom is -0.832 e. The Hall–Kier alpha value is 0.625. The van der Waals surface area contributed by atoms with Crippen LogP contribution in [0.15, 0.2) is 0 Å². The van der Waals surface area contributed by atoms with Crippen molar-refractivity contribution in [3.63, 3.8) is 0 Å². The Kier molecular flexibility index (Phi) is 14.7. The molecule has 13 heteroatoms. The van der Waals surface area contributed by atoms with Crippen LogP contribution in [-0.2, 0) is 9.31 Å². The second-order valence-electron chi connectivity index (χ2n) is 4.21. The third-order valence-electron chi connectivity index (χ3n) is 2.46. The van der Waals surface area contributed by atoms with Gasteiger partial charge in [-0.1, -0.05) is 0 Å². The Labute approximate surface area is 148 Å². The van der Waals surface area contributed by atoms with Crippen molar-refractivity contribution in [1.82, 2.24) is 0 Å². The zero-order valence-electron chi connectivity index (χ0n) is 12.0. The van der Waals surface area contributed by atoms with E-state index in [2.05, 4.69) is 9.31 Å². The smallest absolute Gasteiger partial charge is 0.832 e. The van der Waals surface area contributed by atoms with Crippen molar-refractivity contribution in [3.05, 3.63) is 0 Å². The molecule has 0 aromatic rings. The monoisotopic (exact) mass is 338 g/mol. The molecule has 11 nitrogen and oxygen atoms in total. The van der Waals surface area contributed by atoms with Gasteiger partial charge in [0, 0.05) is 0 Å². The summed E-state index contributed by atoms with van der Waals surface area (Å²) in [7, 11) is -2.34. The summed E-state index contributed by atoms with van der Waals surface area (Å²) in [4.78, 5) is 0. The Balaban J connectivity index is 0. The van der Waals surface area contributed by atoms with Crippen LogP contribution in [0.4, 0.5) is 0 Å². The molecule has 0 rings (SSSR count). The minimum absolute atomic E-state index is 0. The van der Waals surface area contributed by atoms with Gasteiger partial charge in [0.05, 0.1) is 25.9 Å². The van der Waals surface area contributed by atoms with E-state index in [1.54, 1.807) is 0 Å². The Morgan fingerprint density at radius 2 is 1.41 bits per heavy atom. The summed E-state index contributed by atoms with van der Waals surface area (Å²) in [5.41, 5.74) is 0. The average Bonchev–Trinajstić information content (AvgIpc) is 2.49. The second-order valence-corrected chi connectivity index (χ2v) is 4.21. The Morgan fingerprint density at radius 1 is 0.864 bits per heavy atom. The fourth-order valence-corrected chi connectivity index (χ4v) is 1.18. The summed E-state index contributed by atoms with van der Waals surface area (Å²) < 4.78 is 8.54. The Bertz CT molecular complexity index is 276. The molecule has 0 saturated carbocycles. The average molecular weight is 338 g/mol. The number of hydrogen-bond donors (Lipinski definition) is 8. The second kappa shape index (κ2) is 13.0. The van der Waals surface area contributed by atoms with E-state index in [1.165, 1.54) is 0 Å². The van der Waals surface area contributed by atoms with Crippen molar-refractivity contribution in [2.75, 3.05) is 19.8 Å². The van der Waals surface area contributed by atoms with Gasteiger partial charge >= 0.3 is 36.9 Å². The van der Waals surface area contributed by atoms with Gasteiger partial charge in [0.25, 0.3) is 0 Å². The summed E-state index contributed by atoms with van der Waals surface area (Å²) in [6.45, 7) is -2.17. The first-order chi connectivity index (χ1) is 9.74. The third kappa shape index (κ3) is 9.05. The van der Waals surface area contributed by atoms with Gasteiger partial charge in [-0.2, -0.15) is 0 Å². The molecule has 6 atom stereocenters. The maximum Gasteiger partial charge on any atom is 1.00 e. The molecule has 8 N–H and O–H groups in total. The molecule has 0 spiro atoms. The van der Waals surface area contributed by atoms with Crippen LogP contribution in [-0.4, -0.2) is 105 Å². The third-order valence-corrected chi connectivity index (χ3v) is 2.46. The van der Waals surface area contributed by atoms with E-state index < -0.39 is 64.0 Å². The van der Waals surface area contributed by atoms with E-state index in [-0.39, 0.29) is 29.6 Å². The number of hydrogen-bond acceptors (Lipinski definition) is 11. The van der Waals surface area contributed by atoms with Crippen molar-refractivity contribution >= 4 is 7.32 Å². The molecule has 0 bridgehead atoms. The summed E-state index contributed by atoms with van der Waals surface area (Å²) in [6.07, 6.45) is -11.7. The van der Waals surface area contributed by atoms with Crippen molar-refractivity contribution in [2.24, 2.45) is 0 Å². The summed E-state index contributed by atoms with van der Waals surface area (Å²) in [5, 5.41) is 83.5. The normalized spacial score (nSPS) is 19.5. The molecular weight excluding hydrogens is 318 g/mol. The van der Waals surface area contributed by atoms with Crippen LogP contribution < -0.4 is 34.6 Å². The van der Waals surface area contributed by atoms with Gasteiger partial charge in [0.15, 0.2) is 6.29 Å². The number of aliphatic hydroxyl groups excluding tert-OH is 8. The van der Waals surface area contributed by atoms with Crippen LogP contribution in [0, 0.1) is 0 Å². The van der Waals surface area contributed by atoms with Gasteiger partial charge in [-0.15, -0.1) is 0 Å². The van der Waals surface area contributed by atoms with Crippen LogP contribution in [0.3, 0.4) is 0 Å². The standard InChI is InChI=1S/C9H20BO11.Na/c11-1-4(13)3-20-10(19)21-9(18)8(17)7(16)6(15)5(14)2-12;/h4-9,11-18H,1-3H2;/q-1;+1/t4?,5-,6-,7+,8-,9?;/m1./s1. The van der Waals surface area contributed by atoms with Crippen LogP contribution in [0.25, 0.3) is 0 Å². The molecule has 0 aliphatic carbocycles. The molecule has 0 radical (unpaired) electrons. The van der Waals surface area contributed by atoms with Crippen molar-refractivity contribution in [3.8, 4) is 0 Å². The van der Waals surface area contributed by atoms with Crippen molar-refractivity contribution < 1.29 is 84.7 Å². The van der Waals surface area contributed by atoms with Gasteiger partial charge in [0.2, 0.25) is 0 Å². The first-order valence-electron chi connectivity index (χ1n) is 5.97. The van der Waals surface area contributed by atoms with E-state index in [0.717, 1.165) is 0 Å². The first kappa shape index (κ1) is 24.9. The topological polar surface area (TPSA) is 203 Å². The fraction of sp³-hybridized carbons (Fsp3) is 1.00. The molecule has 126 valence electrons. The number of aliphatic hydroxyl groups is 8. The summed E-state index contributed by atoms with van der Waals surface area (Å²) >= 11 is 0. The van der Waals surface area contributed by atoms with Crippen molar-refractivity contribution in [2.45, 2.75) is 36.8 Å². The Morgan fingerprint density at radius 3 is 1.86 bits per heavy atom. The maximum atomic E-state index is 11.1. The van der Waals surface area contributed by atoms with Gasteiger partial charge in [-0.3, -0.25) is 0 Å². The molecule has 0 amide bonds. The van der Waals surface area contributed by atoms with Crippen LogP contribution in [0.5, 0.6) is 0 Å². The minimum atomic E-state index is -2.34. The summed E-state index contributed by atoms with van der Waals surface area (Å²) in [6, 6.07) is 0. The van der Waals surface area contributed by atoms with Gasteiger partial charge in [0.1, 0.15) is 24.4 Å². The van der Waals surface area contributed by atoms with E-state index in [1.807, 2.05) is 0 Å². The maximum absolute atomic E-state index is 11.1. The molecule has 0 aromatic heterocycles. The van der Waals surface area contributed by atoms with Gasteiger partial charge < -0.3 is 55.2 Å². The SMILES string of the molecule is [Na+].[O-]B(OCC(O)CO)OC(O)[C@H](O)[C@@H](O)[C@H](O)[C@H](O)CO. The molecule has 0 saturated heterocycles. The molecule has 0 fully saturated rings. The molecule has 0 aromatic carbocycles. The predicted molar refractivity (Wildman–Crippen MR) is 63.0 cm³/mol. The molecule has 22 heavy (non-hydrogen) atoms.